The normalized spacial score (nSPS) is 13.7. The zero-order chi connectivity index (χ0) is 27.9. The van der Waals surface area contributed by atoms with E-state index >= 15 is 0 Å². The average Bonchev–Trinajstić information content (AvgIpc) is 3.65. The Morgan fingerprint density at radius 1 is 0.950 bits per heavy atom. The van der Waals surface area contributed by atoms with Gasteiger partial charge in [0, 0.05) is 58.6 Å². The number of anilines is 1. The highest BCUT2D eigenvalue weighted by molar-refractivity contribution is 5.94. The Bertz CT molecular complexity index is 2000. The van der Waals surface area contributed by atoms with Crippen LogP contribution >= 0.6 is 0 Å². The molecule has 0 atom stereocenters. The Labute approximate surface area is 227 Å². The third-order valence-corrected chi connectivity index (χ3v) is 7.90. The van der Waals surface area contributed by atoms with Crippen molar-refractivity contribution in [1.29, 1.82) is 0 Å². The van der Waals surface area contributed by atoms with Crippen LogP contribution in [0.15, 0.2) is 54.0 Å². The summed E-state index contributed by atoms with van der Waals surface area (Å²) in [6, 6.07) is 7.18. The summed E-state index contributed by atoms with van der Waals surface area (Å²) >= 11 is 0. The van der Waals surface area contributed by atoms with Gasteiger partial charge in [0.1, 0.15) is 5.69 Å². The number of hydrogen-bond acceptors (Lipinski definition) is 5. The van der Waals surface area contributed by atoms with Crippen LogP contribution < -0.4 is 10.6 Å². The van der Waals surface area contributed by atoms with Crippen molar-refractivity contribution in [3.05, 3.63) is 65.2 Å². The zero-order valence-electron chi connectivity index (χ0n) is 22.5. The third-order valence-electron chi connectivity index (χ3n) is 7.90. The number of aryl methyl sites for hydroxylation is 4. The summed E-state index contributed by atoms with van der Waals surface area (Å²) in [5.41, 5.74) is 5.83. The summed E-state index contributed by atoms with van der Waals surface area (Å²) in [5.74, 6) is 0.563. The second kappa shape index (κ2) is 8.63. The van der Waals surface area contributed by atoms with Gasteiger partial charge in [-0.3, -0.25) is 18.4 Å². The molecule has 40 heavy (non-hydrogen) atoms. The van der Waals surface area contributed by atoms with E-state index in [9.17, 15) is 13.6 Å². The number of imidazole rings is 3. The molecule has 10 nitrogen and oxygen atoms in total. The third kappa shape index (κ3) is 3.44. The molecule has 1 saturated heterocycles. The molecule has 2 aromatic carbocycles. The van der Waals surface area contributed by atoms with Crippen LogP contribution in [-0.4, -0.2) is 51.1 Å². The number of halogens is 2. The van der Waals surface area contributed by atoms with Gasteiger partial charge < -0.3 is 9.47 Å². The molecule has 0 amide bonds. The monoisotopic (exact) mass is 543 g/mol. The Morgan fingerprint density at radius 3 is 2.38 bits per heavy atom. The summed E-state index contributed by atoms with van der Waals surface area (Å²) in [5, 5.41) is 4.18. The Balaban J connectivity index is 1.58. The highest BCUT2D eigenvalue weighted by Gasteiger charge is 2.26. The number of aromatic nitrogens is 8. The van der Waals surface area contributed by atoms with Crippen LogP contribution in [0.4, 0.5) is 14.5 Å². The van der Waals surface area contributed by atoms with Crippen LogP contribution in [0.2, 0.25) is 0 Å². The van der Waals surface area contributed by atoms with Gasteiger partial charge in [-0.15, -0.1) is 0 Å². The van der Waals surface area contributed by atoms with Crippen LogP contribution in [0.5, 0.6) is 0 Å². The molecule has 5 heterocycles. The molecule has 1 aliphatic rings. The van der Waals surface area contributed by atoms with E-state index in [1.807, 2.05) is 28.3 Å². The number of nitrogens with zero attached hydrogens (tertiary/aromatic N) is 9. The van der Waals surface area contributed by atoms with E-state index in [-0.39, 0.29) is 11.3 Å². The van der Waals surface area contributed by atoms with Gasteiger partial charge in [0.15, 0.2) is 5.82 Å². The number of fused-ring (bicyclic) bond motifs is 2. The first-order chi connectivity index (χ1) is 19.2. The fraction of sp³-hybridized carbons (Fsp3) is 0.286. The van der Waals surface area contributed by atoms with Gasteiger partial charge in [0.05, 0.1) is 52.2 Å². The molecule has 0 spiro atoms. The second-order valence-electron chi connectivity index (χ2n) is 10.4. The molecule has 204 valence electrons. The van der Waals surface area contributed by atoms with Crippen molar-refractivity contribution in [1.82, 2.24) is 38.0 Å². The second-order valence-corrected chi connectivity index (χ2v) is 10.4. The van der Waals surface area contributed by atoms with Crippen LogP contribution in [0.3, 0.4) is 0 Å². The van der Waals surface area contributed by atoms with Gasteiger partial charge in [-0.25, -0.2) is 23.5 Å². The zero-order valence-corrected chi connectivity index (χ0v) is 22.5. The van der Waals surface area contributed by atoms with Crippen molar-refractivity contribution < 1.29 is 8.78 Å². The molecular formula is C28H27F2N9O. The van der Waals surface area contributed by atoms with Crippen molar-refractivity contribution in [2.45, 2.75) is 12.8 Å². The maximum atomic E-state index is 14.5. The maximum Gasteiger partial charge on any atom is 0.328 e. The van der Waals surface area contributed by atoms with Gasteiger partial charge in [-0.2, -0.15) is 5.10 Å². The van der Waals surface area contributed by atoms with E-state index in [1.165, 1.54) is 6.07 Å². The lowest BCUT2D eigenvalue weighted by Crippen LogP contribution is -2.37. The smallest absolute Gasteiger partial charge is 0.328 e. The molecule has 0 saturated carbocycles. The van der Waals surface area contributed by atoms with E-state index in [1.54, 1.807) is 65.9 Å². The molecule has 12 heteroatoms. The van der Waals surface area contributed by atoms with E-state index in [4.69, 9.17) is 4.98 Å². The van der Waals surface area contributed by atoms with Crippen molar-refractivity contribution in [2.24, 2.45) is 28.2 Å². The van der Waals surface area contributed by atoms with E-state index in [0.717, 1.165) is 47.6 Å². The lowest BCUT2D eigenvalue weighted by Gasteiger charge is -2.34. The molecule has 0 bridgehead atoms. The SMILES string of the molecule is Cn1cc(-c2cc3nc(-c4cncn4C)n(-c4cc(N5CCC5)c5c(c4)n(C)c(=O)n5C)c3cc2C(F)F)cn1. The molecule has 1 fully saturated rings. The molecular weight excluding hydrogens is 516 g/mol. The Hall–Kier alpha value is -4.74. The molecule has 1 aliphatic heterocycles. The summed E-state index contributed by atoms with van der Waals surface area (Å²) in [6.07, 6.45) is 5.04. The summed E-state index contributed by atoms with van der Waals surface area (Å²) in [4.78, 5) is 24.4. The first kappa shape index (κ1) is 24.3. The number of alkyl halides is 2. The van der Waals surface area contributed by atoms with E-state index in [2.05, 4.69) is 15.0 Å². The minimum Gasteiger partial charge on any atom is -0.370 e. The van der Waals surface area contributed by atoms with Gasteiger partial charge in [0.25, 0.3) is 6.43 Å². The van der Waals surface area contributed by atoms with Crippen LogP contribution in [0.25, 0.3) is 50.4 Å². The van der Waals surface area contributed by atoms with Gasteiger partial charge in [-0.05, 0) is 36.2 Å². The molecule has 0 radical (unpaired) electrons. The molecule has 7 rings (SSSR count). The van der Waals surface area contributed by atoms with E-state index < -0.39 is 6.43 Å². The Kier molecular flexibility index (Phi) is 5.25. The topological polar surface area (TPSA) is 83.6 Å². The molecule has 0 aliphatic carbocycles. The fourth-order valence-electron chi connectivity index (χ4n) is 5.68. The van der Waals surface area contributed by atoms with Crippen LogP contribution in [0, 0.1) is 0 Å². The van der Waals surface area contributed by atoms with Crippen molar-refractivity contribution in [2.75, 3.05) is 18.0 Å². The number of benzene rings is 2. The maximum absolute atomic E-state index is 14.5. The fourth-order valence-corrected chi connectivity index (χ4v) is 5.68. The predicted molar refractivity (Wildman–Crippen MR) is 149 cm³/mol. The quantitative estimate of drug-likeness (QED) is 0.326. The predicted octanol–water partition coefficient (Wildman–Crippen LogP) is 4.16. The number of hydrogen-bond donors (Lipinski definition) is 0. The van der Waals surface area contributed by atoms with E-state index in [0.29, 0.717) is 28.0 Å². The summed E-state index contributed by atoms with van der Waals surface area (Å²) in [7, 11) is 7.14. The first-order valence-corrected chi connectivity index (χ1v) is 13.0. The van der Waals surface area contributed by atoms with Gasteiger partial charge >= 0.3 is 5.69 Å². The standard InChI is InChI=1S/C28H27F2N9O/c1-34-15-31-13-24(34)27-33-20-10-18(16-12-32-35(2)14-16)19(26(29)30)11-21(20)39(27)17-8-22-25(37(4)28(40)36(22)3)23(9-17)38-6-5-7-38/h8-15,26H,5-7H2,1-4H3. The Morgan fingerprint density at radius 2 is 1.75 bits per heavy atom. The van der Waals surface area contributed by atoms with Crippen LogP contribution in [-0.2, 0) is 28.2 Å². The highest BCUT2D eigenvalue weighted by Crippen LogP contribution is 2.39. The van der Waals surface area contributed by atoms with Crippen molar-refractivity contribution in [3.63, 3.8) is 0 Å². The van der Waals surface area contributed by atoms with Gasteiger partial charge in [-0.1, -0.05) is 0 Å². The van der Waals surface area contributed by atoms with Crippen molar-refractivity contribution >= 4 is 27.8 Å². The lowest BCUT2D eigenvalue weighted by molar-refractivity contribution is 0.152. The molecule has 6 aromatic rings. The van der Waals surface area contributed by atoms with Crippen LogP contribution in [0.1, 0.15) is 18.4 Å². The van der Waals surface area contributed by atoms with Gasteiger partial charge in [0.2, 0.25) is 0 Å². The molecule has 0 N–H and O–H groups in total. The lowest BCUT2D eigenvalue weighted by atomic mass is 10.0. The number of rotatable bonds is 5. The minimum absolute atomic E-state index is 0.102. The minimum atomic E-state index is -2.71. The summed E-state index contributed by atoms with van der Waals surface area (Å²) in [6.45, 7) is 1.76. The van der Waals surface area contributed by atoms with Crippen molar-refractivity contribution in [3.8, 4) is 28.3 Å². The molecule has 4 aromatic heterocycles. The summed E-state index contributed by atoms with van der Waals surface area (Å²) < 4.78 is 37.7. The average molecular weight is 544 g/mol. The highest BCUT2D eigenvalue weighted by atomic mass is 19.3. The largest absolute Gasteiger partial charge is 0.370 e. The molecule has 0 unspecified atom stereocenters. The first-order valence-electron chi connectivity index (χ1n) is 13.0.